The van der Waals surface area contributed by atoms with Crippen LogP contribution in [0.3, 0.4) is 0 Å². The minimum absolute atomic E-state index is 0.0856. The molecule has 0 unspecified atom stereocenters. The third-order valence-electron chi connectivity index (χ3n) is 4.68. The molecule has 9 heteroatoms. The zero-order chi connectivity index (χ0) is 17.4. The summed E-state index contributed by atoms with van der Waals surface area (Å²) in [6.07, 6.45) is 3.45. The number of hydrogen-bond donors (Lipinski definition) is 1. The van der Waals surface area contributed by atoms with Crippen molar-refractivity contribution in [1.82, 2.24) is 19.2 Å². The molecule has 4 rings (SSSR count). The highest BCUT2D eigenvalue weighted by Gasteiger charge is 2.36. The molecule has 134 valence electrons. The summed E-state index contributed by atoms with van der Waals surface area (Å²) < 4.78 is 38.2. The fourth-order valence-corrected chi connectivity index (χ4v) is 4.75. The van der Waals surface area contributed by atoms with E-state index in [-0.39, 0.29) is 17.7 Å². The Hall–Kier alpha value is -2.10. The second kappa shape index (κ2) is 6.32. The van der Waals surface area contributed by atoms with Crippen LogP contribution < -0.4 is 9.47 Å². The van der Waals surface area contributed by atoms with Crippen LogP contribution in [-0.4, -0.2) is 60.6 Å². The predicted molar refractivity (Wildman–Crippen MR) is 89.9 cm³/mol. The highest BCUT2D eigenvalue weighted by Crippen LogP contribution is 2.35. The number of imidazole rings is 1. The Morgan fingerprint density at radius 3 is 2.88 bits per heavy atom. The van der Waals surface area contributed by atoms with Crippen molar-refractivity contribution in [1.29, 1.82) is 0 Å². The summed E-state index contributed by atoms with van der Waals surface area (Å²) in [5.74, 6) is 1.83. The first-order chi connectivity index (χ1) is 12.1. The maximum atomic E-state index is 13.1. The number of nitrogens with zero attached hydrogens (tertiary/aromatic N) is 3. The molecule has 25 heavy (non-hydrogen) atoms. The number of H-pyrrole nitrogens is 1. The first-order valence-electron chi connectivity index (χ1n) is 8.22. The predicted octanol–water partition coefficient (Wildman–Crippen LogP) is 1.21. The van der Waals surface area contributed by atoms with Gasteiger partial charge < -0.3 is 14.5 Å². The Kier molecular flexibility index (Phi) is 4.14. The first-order valence-corrected chi connectivity index (χ1v) is 9.66. The van der Waals surface area contributed by atoms with Crippen molar-refractivity contribution in [2.45, 2.75) is 17.9 Å². The van der Waals surface area contributed by atoms with E-state index in [1.807, 2.05) is 0 Å². The number of sulfonamides is 1. The van der Waals surface area contributed by atoms with Crippen LogP contribution in [0, 0.1) is 0 Å². The van der Waals surface area contributed by atoms with E-state index in [1.54, 1.807) is 24.5 Å². The van der Waals surface area contributed by atoms with Crippen LogP contribution in [0.1, 0.15) is 18.8 Å². The molecule has 1 N–H and O–H groups in total. The minimum atomic E-state index is -3.61. The summed E-state index contributed by atoms with van der Waals surface area (Å²) in [5.41, 5.74) is 0. The molecule has 0 spiro atoms. The highest BCUT2D eigenvalue weighted by molar-refractivity contribution is 7.89. The van der Waals surface area contributed by atoms with Gasteiger partial charge in [-0.1, -0.05) is 6.92 Å². The number of fused-ring (bicyclic) bond motifs is 1. The van der Waals surface area contributed by atoms with Gasteiger partial charge in [0.1, 0.15) is 5.82 Å². The lowest BCUT2D eigenvalue weighted by atomic mass is 10.2. The number of benzene rings is 1. The highest BCUT2D eigenvalue weighted by atomic mass is 32.2. The van der Waals surface area contributed by atoms with Gasteiger partial charge in [-0.2, -0.15) is 4.31 Å². The van der Waals surface area contributed by atoms with E-state index in [2.05, 4.69) is 21.8 Å². The number of aromatic nitrogens is 2. The molecular weight excluding hydrogens is 344 g/mol. The quantitative estimate of drug-likeness (QED) is 0.877. The van der Waals surface area contributed by atoms with Crippen LogP contribution in [0.15, 0.2) is 35.5 Å². The molecule has 2 aromatic rings. The van der Waals surface area contributed by atoms with Gasteiger partial charge in [-0.15, -0.1) is 0 Å². The van der Waals surface area contributed by atoms with Gasteiger partial charge in [0, 0.05) is 38.1 Å². The van der Waals surface area contributed by atoms with Gasteiger partial charge in [0.05, 0.1) is 10.9 Å². The molecular formula is C16H20N4O4S. The zero-order valence-corrected chi connectivity index (χ0v) is 14.7. The zero-order valence-electron chi connectivity index (χ0n) is 13.9. The monoisotopic (exact) mass is 364 g/mol. The van der Waals surface area contributed by atoms with Crippen LogP contribution in [-0.2, 0) is 10.0 Å². The molecule has 0 amide bonds. The van der Waals surface area contributed by atoms with Gasteiger partial charge in [-0.25, -0.2) is 13.4 Å². The molecule has 2 aliphatic rings. The number of likely N-dealkylation sites (N-methyl/N-ethyl adjacent to an activating group) is 1. The maximum absolute atomic E-state index is 13.1. The van der Waals surface area contributed by atoms with E-state index in [9.17, 15) is 8.42 Å². The smallest absolute Gasteiger partial charge is 0.243 e. The number of nitrogens with one attached hydrogen (secondary N) is 1. The van der Waals surface area contributed by atoms with Crippen molar-refractivity contribution in [3.05, 3.63) is 36.4 Å². The van der Waals surface area contributed by atoms with Crippen LogP contribution in [0.2, 0.25) is 0 Å². The largest absolute Gasteiger partial charge is 0.454 e. The third-order valence-corrected chi connectivity index (χ3v) is 6.54. The molecule has 3 heterocycles. The van der Waals surface area contributed by atoms with Crippen molar-refractivity contribution in [3.8, 4) is 11.5 Å². The van der Waals surface area contributed by atoms with Gasteiger partial charge in [-0.3, -0.25) is 4.90 Å². The number of hydrogen-bond acceptors (Lipinski definition) is 6. The Labute approximate surface area is 146 Å². The molecule has 1 aromatic carbocycles. The van der Waals surface area contributed by atoms with E-state index in [4.69, 9.17) is 9.47 Å². The number of aromatic amines is 1. The Morgan fingerprint density at radius 1 is 1.28 bits per heavy atom. The molecule has 0 saturated carbocycles. The molecule has 2 aliphatic heterocycles. The van der Waals surface area contributed by atoms with E-state index in [0.29, 0.717) is 31.1 Å². The molecule has 1 saturated heterocycles. The van der Waals surface area contributed by atoms with Gasteiger partial charge in [-0.05, 0) is 18.7 Å². The average Bonchev–Trinajstić information content (AvgIpc) is 3.31. The van der Waals surface area contributed by atoms with E-state index >= 15 is 0 Å². The van der Waals surface area contributed by atoms with Gasteiger partial charge >= 0.3 is 0 Å². The van der Waals surface area contributed by atoms with Crippen molar-refractivity contribution < 1.29 is 17.9 Å². The van der Waals surface area contributed by atoms with Crippen molar-refractivity contribution in [2.75, 3.05) is 33.0 Å². The summed E-state index contributed by atoms with van der Waals surface area (Å²) in [6.45, 7) is 4.49. The molecule has 1 atom stereocenters. The van der Waals surface area contributed by atoms with Crippen molar-refractivity contribution in [2.24, 2.45) is 0 Å². The summed E-state index contributed by atoms with van der Waals surface area (Å²) in [5, 5.41) is 0. The normalized spacial score (nSPS) is 21.6. The van der Waals surface area contributed by atoms with Gasteiger partial charge in [0.25, 0.3) is 0 Å². The van der Waals surface area contributed by atoms with Crippen molar-refractivity contribution in [3.63, 3.8) is 0 Å². The van der Waals surface area contributed by atoms with Gasteiger partial charge in [0.2, 0.25) is 16.8 Å². The number of rotatable bonds is 4. The average molecular weight is 364 g/mol. The number of ether oxygens (including phenoxy) is 2. The van der Waals surface area contributed by atoms with E-state index < -0.39 is 10.0 Å². The molecule has 1 fully saturated rings. The fraction of sp³-hybridized carbons (Fsp3) is 0.438. The van der Waals surface area contributed by atoms with E-state index in [1.165, 1.54) is 10.4 Å². The lowest BCUT2D eigenvalue weighted by Crippen LogP contribution is -2.50. The SMILES string of the molecule is CCN1CCN(S(=O)(=O)c2ccc3c(c2)OCO3)C[C@H]1c1ncc[nH]1. The lowest BCUT2D eigenvalue weighted by molar-refractivity contribution is 0.119. The molecule has 8 nitrogen and oxygen atoms in total. The Bertz CT molecular complexity index is 853. The standard InChI is InChI=1S/C16H20N4O4S/c1-2-19-7-8-20(10-13(19)16-17-5-6-18-16)25(21,22)12-3-4-14-15(9-12)24-11-23-14/h3-6,9,13H,2,7-8,10-11H2,1H3,(H,17,18)/t13-/m0/s1. The Morgan fingerprint density at radius 2 is 2.12 bits per heavy atom. The summed E-state index contributed by atoms with van der Waals surface area (Å²) in [4.78, 5) is 9.87. The number of piperazine rings is 1. The molecule has 1 aromatic heterocycles. The van der Waals surface area contributed by atoms with Gasteiger partial charge in [0.15, 0.2) is 11.5 Å². The second-order valence-electron chi connectivity index (χ2n) is 6.00. The lowest BCUT2D eigenvalue weighted by Gasteiger charge is -2.39. The van der Waals surface area contributed by atoms with Crippen LogP contribution in [0.25, 0.3) is 0 Å². The maximum Gasteiger partial charge on any atom is 0.243 e. The van der Waals surface area contributed by atoms with Crippen LogP contribution in [0.4, 0.5) is 0 Å². The summed E-state index contributed by atoms with van der Waals surface area (Å²) >= 11 is 0. The summed E-state index contributed by atoms with van der Waals surface area (Å²) in [6, 6.07) is 4.65. The van der Waals surface area contributed by atoms with Crippen LogP contribution in [0.5, 0.6) is 11.5 Å². The fourth-order valence-electron chi connectivity index (χ4n) is 3.30. The topological polar surface area (TPSA) is 87.8 Å². The van der Waals surface area contributed by atoms with Crippen LogP contribution >= 0.6 is 0 Å². The summed E-state index contributed by atoms with van der Waals surface area (Å²) in [7, 11) is -3.61. The first kappa shape index (κ1) is 16.4. The van der Waals surface area contributed by atoms with E-state index in [0.717, 1.165) is 12.4 Å². The minimum Gasteiger partial charge on any atom is -0.454 e. The molecule has 0 aliphatic carbocycles. The Balaban J connectivity index is 1.62. The van der Waals surface area contributed by atoms with Crippen molar-refractivity contribution >= 4 is 10.0 Å². The molecule has 0 radical (unpaired) electrons. The molecule has 0 bridgehead atoms. The third kappa shape index (κ3) is 2.88. The second-order valence-corrected chi connectivity index (χ2v) is 7.93.